The number of carbonyl (C=O) groups is 3. The molecule has 2 aromatic rings. The fourth-order valence-corrected chi connectivity index (χ4v) is 4.82. The zero-order valence-corrected chi connectivity index (χ0v) is 19.3. The van der Waals surface area contributed by atoms with Gasteiger partial charge in [0.25, 0.3) is 0 Å². The second kappa shape index (κ2) is 10.7. The summed E-state index contributed by atoms with van der Waals surface area (Å²) in [5.74, 6) is -1.30. The van der Waals surface area contributed by atoms with Crippen molar-refractivity contribution in [1.29, 1.82) is 0 Å². The molecular weight excluding hydrogens is 434 g/mol. The van der Waals surface area contributed by atoms with E-state index >= 15 is 0 Å². The van der Waals surface area contributed by atoms with E-state index in [0.29, 0.717) is 32.4 Å². The van der Waals surface area contributed by atoms with E-state index < -0.39 is 18.1 Å². The molecule has 3 N–H and O–H groups in total. The average molecular weight is 466 g/mol. The highest BCUT2D eigenvalue weighted by molar-refractivity contribution is 5.84. The van der Waals surface area contributed by atoms with Crippen molar-refractivity contribution in [3.63, 3.8) is 0 Å². The van der Waals surface area contributed by atoms with Gasteiger partial charge in [-0.3, -0.25) is 9.69 Å². The van der Waals surface area contributed by atoms with Crippen LogP contribution in [0.15, 0.2) is 48.5 Å². The minimum Gasteiger partial charge on any atom is -0.480 e. The summed E-state index contributed by atoms with van der Waals surface area (Å²) in [6, 6.07) is 15.6. The van der Waals surface area contributed by atoms with Crippen LogP contribution in [0.4, 0.5) is 4.79 Å². The number of piperidine rings is 1. The van der Waals surface area contributed by atoms with Crippen molar-refractivity contribution >= 4 is 18.0 Å². The number of rotatable bonds is 8. The number of hydrogen-bond acceptors (Lipinski definition) is 5. The van der Waals surface area contributed by atoms with Gasteiger partial charge in [-0.2, -0.15) is 0 Å². The van der Waals surface area contributed by atoms with Crippen LogP contribution in [0.25, 0.3) is 11.1 Å². The number of likely N-dealkylation sites (tertiary alicyclic amines) is 1. The Morgan fingerprint density at radius 1 is 1.03 bits per heavy atom. The largest absolute Gasteiger partial charge is 0.480 e. The predicted molar refractivity (Wildman–Crippen MR) is 128 cm³/mol. The van der Waals surface area contributed by atoms with Crippen molar-refractivity contribution in [3.8, 4) is 11.1 Å². The van der Waals surface area contributed by atoms with E-state index in [1.165, 1.54) is 22.3 Å². The molecule has 1 aliphatic heterocycles. The number of fused-ring (bicyclic) bond motifs is 3. The third-order valence-corrected chi connectivity index (χ3v) is 6.66. The molecule has 0 spiro atoms. The molecule has 1 heterocycles. The Labute approximate surface area is 199 Å². The molecule has 2 aliphatic rings. The van der Waals surface area contributed by atoms with Crippen molar-refractivity contribution in [2.24, 2.45) is 0 Å². The van der Waals surface area contributed by atoms with Crippen LogP contribution >= 0.6 is 0 Å². The smallest absolute Gasteiger partial charge is 0.407 e. The lowest BCUT2D eigenvalue weighted by molar-refractivity contribution is -0.142. The summed E-state index contributed by atoms with van der Waals surface area (Å²) in [6.45, 7) is 3.44. The lowest BCUT2D eigenvalue weighted by Gasteiger charge is -2.31. The van der Waals surface area contributed by atoms with Gasteiger partial charge in [0.1, 0.15) is 12.6 Å². The molecule has 0 aromatic heterocycles. The maximum absolute atomic E-state index is 12.5. The van der Waals surface area contributed by atoms with E-state index in [4.69, 9.17) is 9.84 Å². The topological polar surface area (TPSA) is 108 Å². The Bertz CT molecular complexity index is 1000. The maximum atomic E-state index is 12.5. The van der Waals surface area contributed by atoms with Crippen molar-refractivity contribution in [3.05, 3.63) is 59.7 Å². The van der Waals surface area contributed by atoms with Gasteiger partial charge in [0.2, 0.25) is 5.91 Å². The van der Waals surface area contributed by atoms with Crippen LogP contribution in [0, 0.1) is 0 Å². The molecule has 1 aliphatic carbocycles. The van der Waals surface area contributed by atoms with Crippen LogP contribution in [0.3, 0.4) is 0 Å². The molecular formula is C26H31N3O5. The Morgan fingerprint density at radius 3 is 2.18 bits per heavy atom. The lowest BCUT2D eigenvalue weighted by atomic mass is 9.98. The van der Waals surface area contributed by atoms with Crippen LogP contribution in [0.2, 0.25) is 0 Å². The number of aliphatic carboxylic acids is 1. The number of ether oxygens (including phenoxy) is 1. The summed E-state index contributed by atoms with van der Waals surface area (Å²) in [5.41, 5.74) is 4.74. The molecule has 1 fully saturated rings. The molecule has 8 nitrogen and oxygen atoms in total. The molecule has 34 heavy (non-hydrogen) atoms. The Hall–Kier alpha value is -3.39. The first-order valence-corrected chi connectivity index (χ1v) is 11.8. The van der Waals surface area contributed by atoms with Gasteiger partial charge in [0.05, 0.1) is 6.54 Å². The minimum atomic E-state index is -1.03. The van der Waals surface area contributed by atoms with E-state index in [9.17, 15) is 14.4 Å². The molecule has 2 amide bonds. The summed E-state index contributed by atoms with van der Waals surface area (Å²) in [5, 5.41) is 14.6. The van der Waals surface area contributed by atoms with E-state index in [1.54, 1.807) is 6.92 Å². The Morgan fingerprint density at radius 2 is 1.62 bits per heavy atom. The predicted octanol–water partition coefficient (Wildman–Crippen LogP) is 2.97. The zero-order valence-electron chi connectivity index (χ0n) is 19.3. The van der Waals surface area contributed by atoms with Gasteiger partial charge in [0, 0.05) is 25.0 Å². The number of hydrogen-bond donors (Lipinski definition) is 3. The Kier molecular flexibility index (Phi) is 7.47. The van der Waals surface area contributed by atoms with Crippen LogP contribution in [-0.2, 0) is 14.3 Å². The van der Waals surface area contributed by atoms with Gasteiger partial charge in [-0.25, -0.2) is 9.59 Å². The summed E-state index contributed by atoms with van der Waals surface area (Å²) in [6.07, 6.45) is 1.32. The summed E-state index contributed by atoms with van der Waals surface area (Å²) in [7, 11) is 0. The van der Waals surface area contributed by atoms with Crippen LogP contribution in [0.1, 0.15) is 43.2 Å². The van der Waals surface area contributed by atoms with Gasteiger partial charge < -0.3 is 20.5 Å². The molecule has 1 saturated heterocycles. The standard InChI is InChI=1S/C26H31N3O5/c1-2-23(25(31)32)28-24(30)15-29-13-11-17(12-14-29)27-26(33)34-16-22-20-9-5-3-7-18(20)19-8-4-6-10-21(19)22/h3-10,17,22-23H,2,11-16H2,1H3,(H,27,33)(H,28,30)(H,31,32)/t23-/m1/s1. The number of nitrogens with zero attached hydrogens (tertiary/aromatic N) is 1. The fourth-order valence-electron chi connectivity index (χ4n) is 4.82. The number of amides is 2. The first-order valence-electron chi connectivity index (χ1n) is 11.8. The molecule has 0 unspecified atom stereocenters. The molecule has 180 valence electrons. The number of benzene rings is 2. The highest BCUT2D eigenvalue weighted by atomic mass is 16.5. The Balaban J connectivity index is 1.23. The average Bonchev–Trinajstić information content (AvgIpc) is 3.16. The normalized spacial score (nSPS) is 16.9. The zero-order chi connectivity index (χ0) is 24.1. The van der Waals surface area contributed by atoms with Crippen molar-refractivity contribution < 1.29 is 24.2 Å². The number of nitrogens with one attached hydrogen (secondary N) is 2. The third kappa shape index (κ3) is 5.39. The van der Waals surface area contributed by atoms with Gasteiger partial charge in [-0.1, -0.05) is 55.5 Å². The second-order valence-electron chi connectivity index (χ2n) is 8.89. The van der Waals surface area contributed by atoms with Crippen molar-refractivity contribution in [2.45, 2.75) is 44.2 Å². The van der Waals surface area contributed by atoms with E-state index in [1.807, 2.05) is 29.2 Å². The lowest BCUT2D eigenvalue weighted by Crippen LogP contribution is -2.49. The number of carbonyl (C=O) groups excluding carboxylic acids is 2. The molecule has 0 radical (unpaired) electrons. The highest BCUT2D eigenvalue weighted by Gasteiger charge is 2.30. The van der Waals surface area contributed by atoms with Crippen molar-refractivity contribution in [2.75, 3.05) is 26.2 Å². The quantitative estimate of drug-likeness (QED) is 0.553. The molecule has 8 heteroatoms. The maximum Gasteiger partial charge on any atom is 0.407 e. The molecule has 1 atom stereocenters. The molecule has 2 aromatic carbocycles. The van der Waals surface area contributed by atoms with E-state index in [-0.39, 0.29) is 31.0 Å². The second-order valence-corrected chi connectivity index (χ2v) is 8.89. The highest BCUT2D eigenvalue weighted by Crippen LogP contribution is 2.44. The SMILES string of the molecule is CC[C@@H](NC(=O)CN1CCC(NC(=O)OCC2c3ccccc3-c3ccccc32)CC1)C(=O)O. The van der Waals surface area contributed by atoms with Gasteiger partial charge in [0.15, 0.2) is 0 Å². The van der Waals surface area contributed by atoms with Crippen LogP contribution < -0.4 is 10.6 Å². The summed E-state index contributed by atoms with van der Waals surface area (Å²) < 4.78 is 5.63. The molecule has 4 rings (SSSR count). The van der Waals surface area contributed by atoms with Gasteiger partial charge in [-0.05, 0) is 41.5 Å². The van der Waals surface area contributed by atoms with Crippen LogP contribution in [0.5, 0.6) is 0 Å². The summed E-state index contributed by atoms with van der Waals surface area (Å²) in [4.78, 5) is 37.7. The number of alkyl carbamates (subject to hydrolysis) is 1. The van der Waals surface area contributed by atoms with Gasteiger partial charge in [-0.15, -0.1) is 0 Å². The molecule has 0 bridgehead atoms. The van der Waals surface area contributed by atoms with Crippen molar-refractivity contribution in [1.82, 2.24) is 15.5 Å². The third-order valence-electron chi connectivity index (χ3n) is 6.66. The van der Waals surface area contributed by atoms with Gasteiger partial charge >= 0.3 is 12.1 Å². The minimum absolute atomic E-state index is 0.0163. The van der Waals surface area contributed by atoms with E-state index in [2.05, 4.69) is 34.9 Å². The monoisotopic (exact) mass is 465 g/mol. The number of carboxylic acid groups (broad SMARTS) is 1. The van der Waals surface area contributed by atoms with Crippen LogP contribution in [-0.4, -0.2) is 66.3 Å². The first-order chi connectivity index (χ1) is 16.5. The van der Waals surface area contributed by atoms with E-state index in [0.717, 1.165) is 0 Å². The molecule has 0 saturated carbocycles. The summed E-state index contributed by atoms with van der Waals surface area (Å²) >= 11 is 0. The fraction of sp³-hybridized carbons (Fsp3) is 0.423. The first kappa shape index (κ1) is 23.8. The number of carboxylic acids is 1.